The van der Waals surface area contributed by atoms with Gasteiger partial charge in [-0.05, 0) is 42.5 Å². The molecule has 0 bridgehead atoms. The maximum absolute atomic E-state index is 3.74. The molecule has 14 heavy (non-hydrogen) atoms. The molecule has 0 fully saturated rings. The average Bonchev–Trinajstić information content (AvgIpc) is 2.10. The molecule has 0 radical (unpaired) electrons. The zero-order valence-electron chi connectivity index (χ0n) is 9.07. The van der Waals surface area contributed by atoms with Crippen LogP contribution in [0.5, 0.6) is 0 Å². The van der Waals surface area contributed by atoms with Crippen LogP contribution in [-0.2, 0) is 0 Å². The van der Waals surface area contributed by atoms with E-state index in [9.17, 15) is 0 Å². The second-order valence-corrected chi connectivity index (χ2v) is 5.94. The smallest absolute Gasteiger partial charge is 0.0420 e. The van der Waals surface area contributed by atoms with Gasteiger partial charge in [0.15, 0.2) is 0 Å². The van der Waals surface area contributed by atoms with Gasteiger partial charge in [-0.25, -0.2) is 0 Å². The Kier molecular flexibility index (Phi) is 4.20. The van der Waals surface area contributed by atoms with Crippen LogP contribution in [0, 0.1) is 19.8 Å². The minimum absolute atomic E-state index is 0.453. The van der Waals surface area contributed by atoms with Crippen LogP contribution in [0.15, 0.2) is 16.6 Å². The van der Waals surface area contributed by atoms with Crippen molar-refractivity contribution in [2.45, 2.75) is 32.5 Å². The third-order valence-corrected chi connectivity index (χ3v) is 4.83. The molecular weight excluding hydrogens is 304 g/mol. The summed E-state index contributed by atoms with van der Waals surface area (Å²) in [5.74, 6) is 0.620. The lowest BCUT2D eigenvalue weighted by molar-refractivity contribution is 0.638. The van der Waals surface area contributed by atoms with E-state index in [1.807, 2.05) is 0 Å². The Morgan fingerprint density at radius 3 is 2.14 bits per heavy atom. The monoisotopic (exact) mass is 318 g/mol. The number of halogens is 2. The van der Waals surface area contributed by atoms with Crippen molar-refractivity contribution in [3.8, 4) is 0 Å². The number of hydrogen-bond acceptors (Lipinski definition) is 0. The molecule has 0 amide bonds. The molecule has 0 aliphatic heterocycles. The van der Waals surface area contributed by atoms with Crippen molar-refractivity contribution >= 4 is 31.9 Å². The molecule has 0 heterocycles. The third kappa shape index (κ3) is 2.60. The quantitative estimate of drug-likeness (QED) is 0.661. The molecule has 78 valence electrons. The topological polar surface area (TPSA) is 0 Å². The van der Waals surface area contributed by atoms with Gasteiger partial charge in [-0.3, -0.25) is 0 Å². The molecule has 0 saturated carbocycles. The largest absolute Gasteiger partial charge is 0.0836 e. The Balaban J connectivity index is 3.15. The first-order valence-electron chi connectivity index (χ1n) is 4.84. The van der Waals surface area contributed by atoms with Crippen molar-refractivity contribution in [1.82, 2.24) is 0 Å². The van der Waals surface area contributed by atoms with Gasteiger partial charge in [0.05, 0.1) is 0 Å². The van der Waals surface area contributed by atoms with Gasteiger partial charge in [0, 0.05) is 9.30 Å². The Labute approximate surface area is 103 Å². The molecule has 0 aliphatic carbocycles. The highest BCUT2D eigenvalue weighted by Crippen LogP contribution is 2.34. The molecule has 0 aromatic heterocycles. The van der Waals surface area contributed by atoms with E-state index in [1.165, 1.54) is 21.2 Å². The number of rotatable bonds is 2. The van der Waals surface area contributed by atoms with Crippen molar-refractivity contribution in [2.75, 3.05) is 0 Å². The second-order valence-electron chi connectivity index (χ2n) is 4.10. The van der Waals surface area contributed by atoms with Crippen LogP contribution in [0.1, 0.15) is 35.4 Å². The molecular formula is C12H16Br2. The van der Waals surface area contributed by atoms with Crippen LogP contribution >= 0.6 is 31.9 Å². The second kappa shape index (κ2) is 4.80. The molecule has 0 nitrogen and oxygen atoms in total. The van der Waals surface area contributed by atoms with Crippen molar-refractivity contribution in [3.05, 3.63) is 33.3 Å². The molecule has 2 heteroatoms. The summed E-state index contributed by atoms with van der Waals surface area (Å²) in [6, 6.07) is 4.46. The molecule has 1 atom stereocenters. The fourth-order valence-corrected chi connectivity index (χ4v) is 2.41. The van der Waals surface area contributed by atoms with Gasteiger partial charge in [0.1, 0.15) is 0 Å². The van der Waals surface area contributed by atoms with Crippen LogP contribution in [0.25, 0.3) is 0 Å². The van der Waals surface area contributed by atoms with Crippen LogP contribution in [-0.4, -0.2) is 0 Å². The van der Waals surface area contributed by atoms with Gasteiger partial charge in [-0.1, -0.05) is 51.8 Å². The highest BCUT2D eigenvalue weighted by atomic mass is 79.9. The van der Waals surface area contributed by atoms with Crippen LogP contribution in [0.3, 0.4) is 0 Å². The third-order valence-electron chi connectivity index (χ3n) is 2.43. The summed E-state index contributed by atoms with van der Waals surface area (Å²) in [4.78, 5) is 0.453. The fourth-order valence-electron chi connectivity index (χ4n) is 1.46. The molecule has 0 aliphatic rings. The summed E-state index contributed by atoms with van der Waals surface area (Å²) in [5.41, 5.74) is 4.05. The number of alkyl halides is 1. The van der Waals surface area contributed by atoms with Gasteiger partial charge in [0.25, 0.3) is 0 Å². The Morgan fingerprint density at radius 2 is 1.64 bits per heavy atom. The van der Waals surface area contributed by atoms with E-state index < -0.39 is 0 Å². The summed E-state index contributed by atoms with van der Waals surface area (Å²) in [5, 5.41) is 0. The number of hydrogen-bond donors (Lipinski definition) is 0. The minimum atomic E-state index is 0.453. The van der Waals surface area contributed by atoms with E-state index in [0.717, 1.165) is 0 Å². The first kappa shape index (κ1) is 12.3. The van der Waals surface area contributed by atoms with Gasteiger partial charge in [-0.2, -0.15) is 0 Å². The number of benzene rings is 1. The van der Waals surface area contributed by atoms with Crippen LogP contribution in [0.4, 0.5) is 0 Å². The molecule has 0 spiro atoms. The highest BCUT2D eigenvalue weighted by Gasteiger charge is 2.15. The summed E-state index contributed by atoms with van der Waals surface area (Å²) < 4.78 is 1.20. The molecule has 0 N–H and O–H groups in total. The zero-order valence-corrected chi connectivity index (χ0v) is 12.2. The van der Waals surface area contributed by atoms with Crippen molar-refractivity contribution in [2.24, 2.45) is 5.92 Å². The zero-order chi connectivity index (χ0) is 10.9. The summed E-state index contributed by atoms with van der Waals surface area (Å²) in [6.45, 7) is 8.76. The SMILES string of the molecule is Cc1cc(C(Br)C(C)C)c(C)cc1Br. The van der Waals surface area contributed by atoms with E-state index in [4.69, 9.17) is 0 Å². The predicted molar refractivity (Wildman–Crippen MR) is 70.1 cm³/mol. The predicted octanol–water partition coefficient (Wildman–Crippen LogP) is 5.16. The Bertz CT molecular complexity index is 329. The first-order chi connectivity index (χ1) is 6.43. The number of aryl methyl sites for hydroxylation is 2. The van der Waals surface area contributed by atoms with E-state index in [1.54, 1.807) is 0 Å². The lowest BCUT2D eigenvalue weighted by atomic mass is 9.97. The maximum atomic E-state index is 3.74. The van der Waals surface area contributed by atoms with Crippen LogP contribution in [0.2, 0.25) is 0 Å². The van der Waals surface area contributed by atoms with Crippen molar-refractivity contribution in [3.63, 3.8) is 0 Å². The fraction of sp³-hybridized carbons (Fsp3) is 0.500. The average molecular weight is 320 g/mol. The maximum Gasteiger partial charge on any atom is 0.0420 e. The van der Waals surface area contributed by atoms with E-state index in [-0.39, 0.29) is 0 Å². The van der Waals surface area contributed by atoms with Crippen molar-refractivity contribution < 1.29 is 0 Å². The van der Waals surface area contributed by atoms with Crippen molar-refractivity contribution in [1.29, 1.82) is 0 Å². The van der Waals surface area contributed by atoms with E-state index in [0.29, 0.717) is 10.7 Å². The summed E-state index contributed by atoms with van der Waals surface area (Å²) in [7, 11) is 0. The van der Waals surface area contributed by atoms with Gasteiger partial charge in [-0.15, -0.1) is 0 Å². The molecule has 0 saturated heterocycles. The Morgan fingerprint density at radius 1 is 1.07 bits per heavy atom. The van der Waals surface area contributed by atoms with Gasteiger partial charge < -0.3 is 0 Å². The molecule has 1 aromatic carbocycles. The normalized spacial score (nSPS) is 13.4. The van der Waals surface area contributed by atoms with E-state index >= 15 is 0 Å². The molecule has 1 rings (SSSR count). The Hall–Kier alpha value is 0.180. The molecule has 1 aromatic rings. The van der Waals surface area contributed by atoms with Gasteiger partial charge in [0.2, 0.25) is 0 Å². The minimum Gasteiger partial charge on any atom is -0.0836 e. The first-order valence-corrected chi connectivity index (χ1v) is 6.55. The van der Waals surface area contributed by atoms with Crippen LogP contribution < -0.4 is 0 Å². The van der Waals surface area contributed by atoms with Gasteiger partial charge >= 0.3 is 0 Å². The lowest BCUT2D eigenvalue weighted by Crippen LogP contribution is -2.01. The standard InChI is InChI=1S/C12H16Br2/c1-7(2)12(14)10-5-9(4)11(13)6-8(10)3/h5-7,12H,1-4H3. The molecule has 1 unspecified atom stereocenters. The summed E-state index contributed by atoms with van der Waals surface area (Å²) in [6.07, 6.45) is 0. The lowest BCUT2D eigenvalue weighted by Gasteiger charge is -2.18. The van der Waals surface area contributed by atoms with E-state index in [2.05, 4.69) is 71.7 Å². The summed E-state index contributed by atoms with van der Waals surface area (Å²) >= 11 is 7.30. The highest BCUT2D eigenvalue weighted by molar-refractivity contribution is 9.10.